The van der Waals surface area contributed by atoms with E-state index >= 15 is 0 Å². The summed E-state index contributed by atoms with van der Waals surface area (Å²) in [5.74, 6) is 0. The highest BCUT2D eigenvalue weighted by Gasteiger charge is 2.33. The highest BCUT2D eigenvalue weighted by atomic mass is 35.5. The van der Waals surface area contributed by atoms with Gasteiger partial charge < -0.3 is 10.8 Å². The first-order chi connectivity index (χ1) is 8.08. The third-order valence-electron chi connectivity index (χ3n) is 2.86. The van der Waals surface area contributed by atoms with Crippen molar-refractivity contribution in [3.05, 3.63) is 34.3 Å². The van der Waals surface area contributed by atoms with Gasteiger partial charge in [-0.1, -0.05) is 25.4 Å². The summed E-state index contributed by atoms with van der Waals surface area (Å²) in [6, 6.07) is 2.47. The van der Waals surface area contributed by atoms with Gasteiger partial charge in [-0.2, -0.15) is 13.2 Å². The van der Waals surface area contributed by atoms with Crippen LogP contribution in [0.15, 0.2) is 18.2 Å². The molecule has 0 amide bonds. The number of nitrogens with two attached hydrogens (primary N) is 1. The Morgan fingerprint density at radius 3 is 2.28 bits per heavy atom. The van der Waals surface area contributed by atoms with Crippen molar-refractivity contribution in [1.82, 2.24) is 0 Å². The Kier molecular flexibility index (Phi) is 4.30. The number of halogens is 4. The first kappa shape index (κ1) is 15.3. The molecule has 0 saturated carbocycles. The Labute approximate surface area is 109 Å². The molecule has 3 N–H and O–H groups in total. The summed E-state index contributed by atoms with van der Waals surface area (Å²) in [7, 11) is 0. The van der Waals surface area contributed by atoms with Crippen LogP contribution in [0.3, 0.4) is 0 Å². The summed E-state index contributed by atoms with van der Waals surface area (Å²) in [5.41, 5.74) is 4.57. The lowest BCUT2D eigenvalue weighted by Gasteiger charge is -2.30. The quantitative estimate of drug-likeness (QED) is 0.892. The molecule has 6 heteroatoms. The number of hydrogen-bond acceptors (Lipinski definition) is 2. The molecule has 0 fully saturated rings. The molecule has 0 aromatic heterocycles. The molecule has 102 valence electrons. The number of hydrogen-bond donors (Lipinski definition) is 2. The molecule has 18 heavy (non-hydrogen) atoms. The zero-order chi connectivity index (χ0) is 14.1. The van der Waals surface area contributed by atoms with Gasteiger partial charge in [-0.05, 0) is 23.8 Å². The van der Waals surface area contributed by atoms with Crippen LogP contribution in [-0.2, 0) is 6.18 Å². The monoisotopic (exact) mass is 281 g/mol. The molecule has 0 heterocycles. The molecular weight excluding hydrogens is 267 g/mol. The van der Waals surface area contributed by atoms with E-state index in [-0.39, 0.29) is 17.2 Å². The van der Waals surface area contributed by atoms with Gasteiger partial charge in [0.05, 0.1) is 5.56 Å². The Morgan fingerprint density at radius 1 is 1.28 bits per heavy atom. The van der Waals surface area contributed by atoms with Gasteiger partial charge >= 0.3 is 6.18 Å². The largest absolute Gasteiger partial charge is 0.416 e. The highest BCUT2D eigenvalue weighted by Crippen LogP contribution is 2.36. The number of rotatable bonds is 3. The summed E-state index contributed by atoms with van der Waals surface area (Å²) < 4.78 is 37.9. The summed E-state index contributed by atoms with van der Waals surface area (Å²) in [6.07, 6.45) is -4.47. The lowest BCUT2D eigenvalue weighted by atomic mass is 9.81. The normalized spacial score (nSPS) is 14.7. The summed E-state index contributed by atoms with van der Waals surface area (Å²) in [6.45, 7) is 3.11. The predicted molar refractivity (Wildman–Crippen MR) is 64.2 cm³/mol. The van der Waals surface area contributed by atoms with E-state index in [1.54, 1.807) is 13.8 Å². The zero-order valence-corrected chi connectivity index (χ0v) is 10.8. The fraction of sp³-hybridized carbons (Fsp3) is 0.500. The van der Waals surface area contributed by atoms with Gasteiger partial charge in [-0.25, -0.2) is 0 Å². The molecule has 0 unspecified atom stereocenters. The minimum absolute atomic E-state index is 0.0241. The van der Waals surface area contributed by atoms with Crippen LogP contribution in [0, 0.1) is 5.41 Å². The molecule has 1 aromatic rings. The molecule has 0 spiro atoms. The molecule has 2 nitrogen and oxygen atoms in total. The van der Waals surface area contributed by atoms with Crippen LogP contribution in [-0.4, -0.2) is 11.7 Å². The van der Waals surface area contributed by atoms with Crippen molar-refractivity contribution in [3.63, 3.8) is 0 Å². The number of aliphatic hydroxyl groups excluding tert-OH is 1. The van der Waals surface area contributed by atoms with Crippen LogP contribution in [0.5, 0.6) is 0 Å². The maximum Gasteiger partial charge on any atom is 0.416 e. The first-order valence-electron chi connectivity index (χ1n) is 5.32. The van der Waals surface area contributed by atoms with Crippen LogP contribution in [0.4, 0.5) is 13.2 Å². The second kappa shape index (κ2) is 5.07. The maximum absolute atomic E-state index is 12.6. The van der Waals surface area contributed by atoms with E-state index in [1.165, 1.54) is 6.07 Å². The summed E-state index contributed by atoms with van der Waals surface area (Å²) in [5, 5.41) is 9.16. The number of benzene rings is 1. The Bertz CT molecular complexity index is 432. The Morgan fingerprint density at radius 2 is 1.83 bits per heavy atom. The van der Waals surface area contributed by atoms with Crippen LogP contribution in [0.25, 0.3) is 0 Å². The topological polar surface area (TPSA) is 46.2 Å². The van der Waals surface area contributed by atoms with Gasteiger partial charge in [-0.3, -0.25) is 0 Å². The molecule has 0 aliphatic carbocycles. The molecule has 0 aliphatic heterocycles. The van der Waals surface area contributed by atoms with E-state index in [0.29, 0.717) is 0 Å². The van der Waals surface area contributed by atoms with E-state index in [9.17, 15) is 18.3 Å². The minimum Gasteiger partial charge on any atom is -0.396 e. The minimum atomic E-state index is -4.47. The lowest BCUT2D eigenvalue weighted by molar-refractivity contribution is -0.137. The number of alkyl halides is 3. The van der Waals surface area contributed by atoms with Crippen molar-refractivity contribution in [3.8, 4) is 0 Å². The second-order valence-corrected chi connectivity index (χ2v) is 5.33. The van der Waals surface area contributed by atoms with Crippen molar-refractivity contribution >= 4 is 11.6 Å². The average Bonchev–Trinajstić information content (AvgIpc) is 2.26. The molecular formula is C12H15ClF3NO. The molecule has 0 saturated heterocycles. The third kappa shape index (κ3) is 3.37. The fourth-order valence-corrected chi connectivity index (χ4v) is 1.75. The van der Waals surface area contributed by atoms with Crippen LogP contribution < -0.4 is 5.73 Å². The zero-order valence-electron chi connectivity index (χ0n) is 10.1. The summed E-state index contributed by atoms with van der Waals surface area (Å²) >= 11 is 5.68. The highest BCUT2D eigenvalue weighted by molar-refractivity contribution is 6.30. The summed E-state index contributed by atoms with van der Waals surface area (Å²) in [4.78, 5) is 0. The van der Waals surface area contributed by atoms with E-state index in [0.717, 1.165) is 12.1 Å². The SMILES string of the molecule is CC(C)(CO)[C@@H](N)c1cc(Cl)cc(C(F)(F)F)c1. The standard InChI is InChI=1S/C12H15ClF3NO/c1-11(2,6-18)10(17)7-3-8(12(14,15)16)5-9(13)4-7/h3-5,10,18H,6,17H2,1-2H3/t10-/m0/s1. The lowest BCUT2D eigenvalue weighted by Crippen LogP contribution is -2.32. The smallest absolute Gasteiger partial charge is 0.396 e. The van der Waals surface area contributed by atoms with Gasteiger partial charge in [0.15, 0.2) is 0 Å². The van der Waals surface area contributed by atoms with E-state index in [1.807, 2.05) is 0 Å². The predicted octanol–water partition coefficient (Wildman–Crippen LogP) is 3.38. The Hall–Kier alpha value is -0.780. The van der Waals surface area contributed by atoms with Gasteiger partial charge in [0, 0.05) is 23.1 Å². The van der Waals surface area contributed by atoms with Crippen LogP contribution in [0.2, 0.25) is 5.02 Å². The maximum atomic E-state index is 12.6. The van der Waals surface area contributed by atoms with Gasteiger partial charge in [0.25, 0.3) is 0 Å². The van der Waals surface area contributed by atoms with E-state index in [4.69, 9.17) is 17.3 Å². The van der Waals surface area contributed by atoms with Crippen LogP contribution in [0.1, 0.15) is 31.0 Å². The second-order valence-electron chi connectivity index (χ2n) is 4.90. The fourth-order valence-electron chi connectivity index (χ4n) is 1.51. The van der Waals surface area contributed by atoms with Crippen molar-refractivity contribution in [1.29, 1.82) is 0 Å². The van der Waals surface area contributed by atoms with Crippen molar-refractivity contribution < 1.29 is 18.3 Å². The van der Waals surface area contributed by atoms with Crippen molar-refractivity contribution in [2.45, 2.75) is 26.1 Å². The number of aliphatic hydroxyl groups is 1. The Balaban J connectivity index is 3.23. The van der Waals surface area contributed by atoms with E-state index in [2.05, 4.69) is 0 Å². The molecule has 1 atom stereocenters. The van der Waals surface area contributed by atoms with Crippen molar-refractivity contribution in [2.75, 3.05) is 6.61 Å². The van der Waals surface area contributed by atoms with Crippen molar-refractivity contribution in [2.24, 2.45) is 11.1 Å². The van der Waals surface area contributed by atoms with Gasteiger partial charge in [0.2, 0.25) is 0 Å². The van der Waals surface area contributed by atoms with Gasteiger partial charge in [0.1, 0.15) is 0 Å². The molecule has 0 aliphatic rings. The molecule has 0 bridgehead atoms. The molecule has 0 radical (unpaired) electrons. The van der Waals surface area contributed by atoms with E-state index < -0.39 is 23.2 Å². The first-order valence-corrected chi connectivity index (χ1v) is 5.70. The average molecular weight is 282 g/mol. The van der Waals surface area contributed by atoms with Gasteiger partial charge in [-0.15, -0.1) is 0 Å². The molecule has 1 rings (SSSR count). The van der Waals surface area contributed by atoms with Crippen LogP contribution >= 0.6 is 11.6 Å². The third-order valence-corrected chi connectivity index (χ3v) is 3.07. The molecule has 1 aromatic carbocycles.